The maximum absolute atomic E-state index is 12.7. The van der Waals surface area contributed by atoms with Crippen molar-refractivity contribution < 1.29 is 23.8 Å². The number of hydrogen-bond donors (Lipinski definition) is 0. The Morgan fingerprint density at radius 2 is 1.74 bits per heavy atom. The second kappa shape index (κ2) is 10.2. The minimum atomic E-state index is -0.409. The van der Waals surface area contributed by atoms with Gasteiger partial charge in [-0.1, -0.05) is 6.07 Å². The summed E-state index contributed by atoms with van der Waals surface area (Å²) in [6, 6.07) is 12.3. The summed E-state index contributed by atoms with van der Waals surface area (Å²) in [7, 11) is 3.02. The van der Waals surface area contributed by atoms with Gasteiger partial charge in [0, 0.05) is 7.05 Å². The van der Waals surface area contributed by atoms with Gasteiger partial charge >= 0.3 is 5.97 Å². The van der Waals surface area contributed by atoms with Crippen molar-refractivity contribution in [1.82, 2.24) is 4.90 Å². The number of hydrogen-bond acceptors (Lipinski definition) is 7. The highest BCUT2D eigenvalue weighted by Gasteiger charge is 2.30. The molecule has 0 aromatic heterocycles. The Morgan fingerprint density at radius 3 is 2.39 bits per heavy atom. The van der Waals surface area contributed by atoms with Crippen molar-refractivity contribution in [2.75, 3.05) is 27.4 Å². The number of amides is 1. The van der Waals surface area contributed by atoms with Gasteiger partial charge in [0.1, 0.15) is 0 Å². The van der Waals surface area contributed by atoms with Crippen LogP contribution in [0.25, 0.3) is 6.08 Å². The number of thioether (sulfide) groups is 1. The molecule has 8 heteroatoms. The van der Waals surface area contributed by atoms with Crippen LogP contribution in [0.2, 0.25) is 0 Å². The fraction of sp³-hybridized carbons (Fsp3) is 0.261. The van der Waals surface area contributed by atoms with Gasteiger partial charge in [-0.2, -0.15) is 0 Å². The Labute approximate surface area is 185 Å². The smallest absolute Gasteiger partial charge is 0.337 e. The molecule has 0 aliphatic carbocycles. The van der Waals surface area contributed by atoms with Crippen molar-refractivity contribution in [3.05, 3.63) is 58.5 Å². The van der Waals surface area contributed by atoms with Gasteiger partial charge in [-0.3, -0.25) is 9.69 Å². The molecule has 1 aliphatic heterocycles. The second-order valence-electron chi connectivity index (χ2n) is 6.48. The third-order valence-corrected chi connectivity index (χ3v) is 5.44. The molecule has 2 aromatic carbocycles. The second-order valence-corrected chi connectivity index (χ2v) is 7.49. The van der Waals surface area contributed by atoms with E-state index in [2.05, 4.69) is 4.99 Å². The SMILES string of the molecule is CCOc1ccc(C=C2SC(=Nc3ccc(C(=O)OC)cc3)N(C)C2=O)cc1OCC. The molecule has 1 aliphatic rings. The monoisotopic (exact) mass is 440 g/mol. The number of methoxy groups -OCH3 is 1. The molecule has 0 N–H and O–H groups in total. The Morgan fingerprint density at radius 1 is 1.06 bits per heavy atom. The Kier molecular flexibility index (Phi) is 7.36. The molecule has 1 fully saturated rings. The van der Waals surface area contributed by atoms with Gasteiger partial charge in [-0.25, -0.2) is 9.79 Å². The predicted octanol–water partition coefficient (Wildman–Crippen LogP) is 4.50. The van der Waals surface area contributed by atoms with E-state index in [4.69, 9.17) is 14.2 Å². The first-order chi connectivity index (χ1) is 15.0. The topological polar surface area (TPSA) is 77.4 Å². The number of ether oxygens (including phenoxy) is 3. The largest absolute Gasteiger partial charge is 0.490 e. The first-order valence-electron chi connectivity index (χ1n) is 9.81. The molecule has 31 heavy (non-hydrogen) atoms. The average Bonchev–Trinajstić information content (AvgIpc) is 3.03. The lowest BCUT2D eigenvalue weighted by molar-refractivity contribution is -0.121. The number of carbonyl (C=O) groups excluding carboxylic acids is 2. The van der Waals surface area contributed by atoms with E-state index < -0.39 is 5.97 Å². The summed E-state index contributed by atoms with van der Waals surface area (Å²) in [6.07, 6.45) is 1.81. The maximum atomic E-state index is 12.7. The van der Waals surface area contributed by atoms with Crippen LogP contribution in [0.1, 0.15) is 29.8 Å². The van der Waals surface area contributed by atoms with E-state index in [0.29, 0.717) is 46.0 Å². The van der Waals surface area contributed by atoms with E-state index in [0.717, 1.165) is 5.56 Å². The van der Waals surface area contributed by atoms with Gasteiger partial charge in [-0.15, -0.1) is 0 Å². The van der Waals surface area contributed by atoms with Gasteiger partial charge < -0.3 is 14.2 Å². The number of likely N-dealkylation sites (N-methyl/N-ethyl adjacent to an activating group) is 1. The van der Waals surface area contributed by atoms with E-state index in [1.165, 1.54) is 23.8 Å². The lowest BCUT2D eigenvalue weighted by Gasteiger charge is -2.11. The zero-order valence-electron chi connectivity index (χ0n) is 17.9. The molecule has 1 saturated heterocycles. The summed E-state index contributed by atoms with van der Waals surface area (Å²) in [5.41, 5.74) is 1.91. The maximum Gasteiger partial charge on any atom is 0.337 e. The first kappa shape index (κ1) is 22.4. The number of aliphatic imine (C=N–C) groups is 1. The Hall–Kier alpha value is -3.26. The highest BCUT2D eigenvalue weighted by molar-refractivity contribution is 8.18. The third-order valence-electron chi connectivity index (χ3n) is 4.38. The summed E-state index contributed by atoms with van der Waals surface area (Å²) < 4.78 is 16.0. The fourth-order valence-electron chi connectivity index (χ4n) is 2.86. The third kappa shape index (κ3) is 5.27. The minimum Gasteiger partial charge on any atom is -0.490 e. The standard InChI is InChI=1S/C23H24N2O5S/c1-5-29-18-12-7-15(13-19(18)30-6-2)14-20-21(26)25(3)23(31-20)24-17-10-8-16(9-11-17)22(27)28-4/h7-14H,5-6H2,1-4H3. The summed E-state index contributed by atoms with van der Waals surface area (Å²) in [6.45, 7) is 4.88. The normalized spacial score (nSPS) is 16.1. The van der Waals surface area contributed by atoms with E-state index >= 15 is 0 Å². The van der Waals surface area contributed by atoms with Crippen molar-refractivity contribution in [2.24, 2.45) is 4.99 Å². The Bertz CT molecular complexity index is 1030. The highest BCUT2D eigenvalue weighted by Crippen LogP contribution is 2.35. The lowest BCUT2D eigenvalue weighted by atomic mass is 10.2. The first-order valence-corrected chi connectivity index (χ1v) is 10.6. The molecule has 0 bridgehead atoms. The van der Waals surface area contributed by atoms with Crippen molar-refractivity contribution in [3.8, 4) is 11.5 Å². The van der Waals surface area contributed by atoms with Crippen LogP contribution in [0.15, 0.2) is 52.4 Å². The quantitative estimate of drug-likeness (QED) is 0.466. The number of rotatable bonds is 7. The van der Waals surface area contributed by atoms with Crippen LogP contribution in [-0.4, -0.2) is 49.3 Å². The van der Waals surface area contributed by atoms with Crippen LogP contribution in [0.3, 0.4) is 0 Å². The van der Waals surface area contributed by atoms with Gasteiger partial charge in [-0.05, 0) is 73.6 Å². The Balaban J connectivity index is 1.84. The summed E-state index contributed by atoms with van der Waals surface area (Å²) in [5.74, 6) is 0.768. The molecule has 0 unspecified atom stereocenters. The number of carbonyl (C=O) groups is 2. The number of esters is 1. The highest BCUT2D eigenvalue weighted by atomic mass is 32.2. The number of nitrogens with zero attached hydrogens (tertiary/aromatic N) is 2. The van der Waals surface area contributed by atoms with Crippen LogP contribution >= 0.6 is 11.8 Å². The minimum absolute atomic E-state index is 0.137. The lowest BCUT2D eigenvalue weighted by Crippen LogP contribution is -2.23. The van der Waals surface area contributed by atoms with Gasteiger partial charge in [0.15, 0.2) is 16.7 Å². The fourth-order valence-corrected chi connectivity index (χ4v) is 3.85. The van der Waals surface area contributed by atoms with Gasteiger partial charge in [0.2, 0.25) is 0 Å². The molecular formula is C23H24N2O5S. The molecule has 0 atom stereocenters. The molecule has 1 amide bonds. The molecule has 0 radical (unpaired) electrons. The van der Waals surface area contributed by atoms with E-state index in [1.54, 1.807) is 31.3 Å². The van der Waals surface area contributed by atoms with E-state index in [9.17, 15) is 9.59 Å². The van der Waals surface area contributed by atoms with Gasteiger partial charge in [0.25, 0.3) is 5.91 Å². The molecule has 0 saturated carbocycles. The van der Waals surface area contributed by atoms with Crippen LogP contribution in [0.4, 0.5) is 5.69 Å². The van der Waals surface area contributed by atoms with Crippen LogP contribution in [-0.2, 0) is 9.53 Å². The van der Waals surface area contributed by atoms with Crippen molar-refractivity contribution in [2.45, 2.75) is 13.8 Å². The molecular weight excluding hydrogens is 416 g/mol. The van der Waals surface area contributed by atoms with Crippen LogP contribution in [0, 0.1) is 0 Å². The zero-order chi connectivity index (χ0) is 22.4. The molecule has 1 heterocycles. The summed E-state index contributed by atoms with van der Waals surface area (Å²) in [4.78, 5) is 30.9. The molecule has 2 aromatic rings. The van der Waals surface area contributed by atoms with Crippen molar-refractivity contribution in [1.29, 1.82) is 0 Å². The van der Waals surface area contributed by atoms with Crippen molar-refractivity contribution >= 4 is 40.6 Å². The van der Waals surface area contributed by atoms with Crippen LogP contribution < -0.4 is 9.47 Å². The predicted molar refractivity (Wildman–Crippen MR) is 122 cm³/mol. The summed E-state index contributed by atoms with van der Waals surface area (Å²) in [5, 5.41) is 0.554. The molecule has 0 spiro atoms. The molecule has 7 nitrogen and oxygen atoms in total. The van der Waals surface area contributed by atoms with Crippen LogP contribution in [0.5, 0.6) is 11.5 Å². The van der Waals surface area contributed by atoms with Crippen molar-refractivity contribution in [3.63, 3.8) is 0 Å². The van der Waals surface area contributed by atoms with E-state index in [-0.39, 0.29) is 5.91 Å². The summed E-state index contributed by atoms with van der Waals surface area (Å²) >= 11 is 1.29. The van der Waals surface area contributed by atoms with E-state index in [1.807, 2.05) is 38.1 Å². The zero-order valence-corrected chi connectivity index (χ0v) is 18.7. The molecule has 162 valence electrons. The van der Waals surface area contributed by atoms with Gasteiger partial charge in [0.05, 0.1) is 36.5 Å². The molecule has 3 rings (SSSR count). The number of benzene rings is 2. The average molecular weight is 441 g/mol. The number of amidine groups is 1.